The van der Waals surface area contributed by atoms with Gasteiger partial charge >= 0.3 is 0 Å². The molecule has 5 heteroatoms. The average molecular weight is 259 g/mol. The molecule has 0 aromatic heterocycles. The molecule has 1 rings (SSSR count). The topological polar surface area (TPSA) is 36.5 Å². The van der Waals surface area contributed by atoms with E-state index in [4.69, 9.17) is 17.0 Å². The largest absolute Gasteiger partial charge is 0.374 e. The Bertz CT molecular complexity index is 236. The number of rotatable bonds is 5. The van der Waals surface area contributed by atoms with Gasteiger partial charge in [-0.15, -0.1) is 0 Å². The van der Waals surface area contributed by atoms with Gasteiger partial charge in [0.15, 0.2) is 5.11 Å². The maximum atomic E-state index is 5.69. The van der Waals surface area contributed by atoms with Gasteiger partial charge in [0.25, 0.3) is 0 Å². The van der Waals surface area contributed by atoms with Gasteiger partial charge in [0.2, 0.25) is 0 Å². The van der Waals surface area contributed by atoms with E-state index in [0.717, 1.165) is 44.4 Å². The summed E-state index contributed by atoms with van der Waals surface area (Å²) >= 11 is 5.21. The van der Waals surface area contributed by atoms with Crippen LogP contribution in [0, 0.1) is 5.92 Å². The van der Waals surface area contributed by atoms with E-state index in [1.54, 1.807) is 0 Å². The number of ether oxygens (including phenoxy) is 1. The second-order valence-corrected chi connectivity index (χ2v) is 5.28. The molecular formula is C12H25N3OS. The first-order valence-corrected chi connectivity index (χ1v) is 6.88. The first-order chi connectivity index (χ1) is 8.11. The van der Waals surface area contributed by atoms with Crippen molar-refractivity contribution in [1.82, 2.24) is 15.5 Å². The molecule has 1 fully saturated rings. The van der Waals surface area contributed by atoms with Gasteiger partial charge in [-0.2, -0.15) is 0 Å². The van der Waals surface area contributed by atoms with Crippen LogP contribution in [0.25, 0.3) is 0 Å². The van der Waals surface area contributed by atoms with E-state index >= 15 is 0 Å². The highest BCUT2D eigenvalue weighted by atomic mass is 32.1. The molecule has 0 spiro atoms. The molecule has 1 aliphatic rings. The van der Waals surface area contributed by atoms with Gasteiger partial charge in [0.1, 0.15) is 0 Å². The van der Waals surface area contributed by atoms with Crippen LogP contribution in [0.15, 0.2) is 0 Å². The molecular weight excluding hydrogens is 234 g/mol. The number of nitrogens with one attached hydrogen (secondary N) is 2. The summed E-state index contributed by atoms with van der Waals surface area (Å²) in [5, 5.41) is 7.15. The molecule has 0 aromatic rings. The summed E-state index contributed by atoms with van der Waals surface area (Å²) in [6.45, 7) is 12.2. The van der Waals surface area contributed by atoms with Crippen molar-refractivity contribution >= 4 is 17.3 Å². The van der Waals surface area contributed by atoms with Crippen LogP contribution in [-0.4, -0.2) is 55.4 Å². The molecule has 0 radical (unpaired) electrons. The van der Waals surface area contributed by atoms with Crippen LogP contribution in [0.1, 0.15) is 20.8 Å². The quantitative estimate of drug-likeness (QED) is 0.715. The Morgan fingerprint density at radius 3 is 2.88 bits per heavy atom. The molecule has 0 amide bonds. The van der Waals surface area contributed by atoms with E-state index < -0.39 is 0 Å². The highest BCUT2D eigenvalue weighted by molar-refractivity contribution is 7.80. The Morgan fingerprint density at radius 2 is 2.24 bits per heavy atom. The Balaban J connectivity index is 2.14. The molecule has 17 heavy (non-hydrogen) atoms. The van der Waals surface area contributed by atoms with Crippen molar-refractivity contribution < 1.29 is 4.74 Å². The van der Waals surface area contributed by atoms with Crippen LogP contribution < -0.4 is 10.6 Å². The lowest BCUT2D eigenvalue weighted by atomic mass is 10.2. The molecule has 1 heterocycles. The summed E-state index contributed by atoms with van der Waals surface area (Å²) in [6.07, 6.45) is 0.252. The number of hydrogen-bond donors (Lipinski definition) is 2. The van der Waals surface area contributed by atoms with E-state index in [-0.39, 0.29) is 6.10 Å². The Hall–Kier alpha value is -0.390. The van der Waals surface area contributed by atoms with Crippen molar-refractivity contribution in [2.45, 2.75) is 26.9 Å². The molecule has 1 atom stereocenters. The molecule has 1 aliphatic heterocycles. The van der Waals surface area contributed by atoms with Gasteiger partial charge in [-0.3, -0.25) is 4.90 Å². The van der Waals surface area contributed by atoms with E-state index in [1.807, 2.05) is 0 Å². The predicted octanol–water partition coefficient (Wildman–Crippen LogP) is 0.827. The lowest BCUT2D eigenvalue weighted by molar-refractivity contribution is -0.0233. The van der Waals surface area contributed by atoms with Crippen LogP contribution in [0.3, 0.4) is 0 Å². The highest BCUT2D eigenvalue weighted by Gasteiger charge is 2.18. The van der Waals surface area contributed by atoms with Gasteiger partial charge in [-0.1, -0.05) is 20.8 Å². The maximum absolute atomic E-state index is 5.69. The van der Waals surface area contributed by atoms with Crippen molar-refractivity contribution in [2.75, 3.05) is 39.3 Å². The van der Waals surface area contributed by atoms with Crippen molar-refractivity contribution in [3.05, 3.63) is 0 Å². The third kappa shape index (κ3) is 6.19. The zero-order chi connectivity index (χ0) is 12.7. The highest BCUT2D eigenvalue weighted by Crippen LogP contribution is 2.03. The summed E-state index contributed by atoms with van der Waals surface area (Å²) in [7, 11) is 0. The monoisotopic (exact) mass is 259 g/mol. The normalized spacial score (nSPS) is 21.5. The SMILES string of the molecule is CCN1CCOC(CNC(=S)NCC(C)C)C1. The number of likely N-dealkylation sites (N-methyl/N-ethyl adjacent to an activating group) is 1. The molecule has 4 nitrogen and oxygen atoms in total. The first kappa shape index (κ1) is 14.7. The van der Waals surface area contributed by atoms with Gasteiger partial charge in [0, 0.05) is 26.2 Å². The standard InChI is InChI=1S/C12H25N3OS/c1-4-15-5-6-16-11(9-15)8-14-12(17)13-7-10(2)3/h10-11H,4-9H2,1-3H3,(H2,13,14,17). The van der Waals surface area contributed by atoms with Crippen LogP contribution in [0.4, 0.5) is 0 Å². The van der Waals surface area contributed by atoms with Crippen LogP contribution in [0.5, 0.6) is 0 Å². The van der Waals surface area contributed by atoms with E-state index in [9.17, 15) is 0 Å². The molecule has 0 bridgehead atoms. The fourth-order valence-electron chi connectivity index (χ4n) is 1.76. The van der Waals surface area contributed by atoms with E-state index in [2.05, 4.69) is 36.3 Å². The van der Waals surface area contributed by atoms with E-state index in [0.29, 0.717) is 5.92 Å². The van der Waals surface area contributed by atoms with Gasteiger partial charge in [-0.25, -0.2) is 0 Å². The lowest BCUT2D eigenvalue weighted by Crippen LogP contribution is -2.49. The average Bonchev–Trinajstić information content (AvgIpc) is 2.34. The summed E-state index contributed by atoms with van der Waals surface area (Å²) in [5.41, 5.74) is 0. The summed E-state index contributed by atoms with van der Waals surface area (Å²) < 4.78 is 5.69. The Labute approximate surface area is 110 Å². The van der Waals surface area contributed by atoms with Crippen LogP contribution >= 0.6 is 12.2 Å². The second-order valence-electron chi connectivity index (χ2n) is 4.87. The van der Waals surface area contributed by atoms with Gasteiger partial charge < -0.3 is 15.4 Å². The van der Waals surface area contributed by atoms with Crippen molar-refractivity contribution in [3.8, 4) is 0 Å². The smallest absolute Gasteiger partial charge is 0.166 e. The molecule has 2 N–H and O–H groups in total. The molecule has 0 saturated carbocycles. The lowest BCUT2D eigenvalue weighted by Gasteiger charge is -2.32. The van der Waals surface area contributed by atoms with E-state index in [1.165, 1.54) is 0 Å². The molecule has 1 unspecified atom stereocenters. The second kappa shape index (κ2) is 7.84. The van der Waals surface area contributed by atoms with Crippen molar-refractivity contribution in [1.29, 1.82) is 0 Å². The predicted molar refractivity (Wildman–Crippen MR) is 75.3 cm³/mol. The minimum absolute atomic E-state index is 0.252. The number of nitrogens with zero attached hydrogens (tertiary/aromatic N) is 1. The third-order valence-corrected chi connectivity index (χ3v) is 3.12. The van der Waals surface area contributed by atoms with Gasteiger partial charge in [-0.05, 0) is 24.7 Å². The molecule has 1 saturated heterocycles. The Morgan fingerprint density at radius 1 is 1.47 bits per heavy atom. The summed E-state index contributed by atoms with van der Waals surface area (Å²) in [6, 6.07) is 0. The number of hydrogen-bond acceptors (Lipinski definition) is 3. The zero-order valence-corrected chi connectivity index (χ0v) is 12.0. The fourth-order valence-corrected chi connectivity index (χ4v) is 1.92. The minimum atomic E-state index is 0.252. The minimum Gasteiger partial charge on any atom is -0.374 e. The molecule has 0 aromatic carbocycles. The zero-order valence-electron chi connectivity index (χ0n) is 11.2. The maximum Gasteiger partial charge on any atom is 0.166 e. The fraction of sp³-hybridized carbons (Fsp3) is 0.917. The van der Waals surface area contributed by atoms with Crippen molar-refractivity contribution in [2.24, 2.45) is 5.92 Å². The number of thiocarbonyl (C=S) groups is 1. The van der Waals surface area contributed by atoms with Gasteiger partial charge in [0.05, 0.1) is 12.7 Å². The summed E-state index contributed by atoms with van der Waals surface area (Å²) in [4.78, 5) is 2.40. The molecule has 100 valence electrons. The van der Waals surface area contributed by atoms with Crippen LogP contribution in [0.2, 0.25) is 0 Å². The third-order valence-electron chi connectivity index (χ3n) is 2.83. The van der Waals surface area contributed by atoms with Crippen molar-refractivity contribution in [3.63, 3.8) is 0 Å². The number of morpholine rings is 1. The summed E-state index contributed by atoms with van der Waals surface area (Å²) in [5.74, 6) is 0.608. The van der Waals surface area contributed by atoms with Crippen LogP contribution in [-0.2, 0) is 4.74 Å². The molecule has 0 aliphatic carbocycles. The Kier molecular flexibility index (Phi) is 6.77. The first-order valence-electron chi connectivity index (χ1n) is 6.47.